The van der Waals surface area contributed by atoms with Crippen molar-refractivity contribution in [2.45, 2.75) is 168 Å². The van der Waals surface area contributed by atoms with Crippen molar-refractivity contribution in [2.75, 3.05) is 47.5 Å². The minimum Gasteiger partial charge on any atom is -0.462 e. The fraction of sp³-hybridized carbons (Fsp3) is 0.846. The Morgan fingerprint density at radius 2 is 1.08 bits per heavy atom. The van der Waals surface area contributed by atoms with E-state index in [0.29, 0.717) is 17.4 Å². The molecule has 0 aliphatic carbocycles. The van der Waals surface area contributed by atoms with Crippen LogP contribution in [0.1, 0.15) is 162 Å². The average molecular weight is 717 g/mol. The molecule has 0 fully saturated rings. The van der Waals surface area contributed by atoms with E-state index in [0.717, 1.165) is 77.0 Å². The second-order valence-electron chi connectivity index (χ2n) is 14.3. The van der Waals surface area contributed by atoms with Crippen molar-refractivity contribution < 1.29 is 42.1 Å². The fourth-order valence-electron chi connectivity index (χ4n) is 5.07. The van der Waals surface area contributed by atoms with Gasteiger partial charge in [-0.05, 0) is 57.8 Å². The highest BCUT2D eigenvalue weighted by atomic mass is 31.2. The molecule has 288 valence electrons. The lowest BCUT2D eigenvalue weighted by molar-refractivity contribution is -0.870. The van der Waals surface area contributed by atoms with Crippen LogP contribution in [0.5, 0.6) is 0 Å². The number of esters is 2. The molecule has 2 atom stereocenters. The van der Waals surface area contributed by atoms with Crippen molar-refractivity contribution in [1.29, 1.82) is 0 Å². The molecule has 0 bridgehead atoms. The summed E-state index contributed by atoms with van der Waals surface area (Å²) in [5, 5.41) is 0. The van der Waals surface area contributed by atoms with E-state index in [9.17, 15) is 19.0 Å². The highest BCUT2D eigenvalue weighted by Crippen LogP contribution is 2.43. The first-order valence-electron chi connectivity index (χ1n) is 19.6. The molecule has 0 aliphatic rings. The van der Waals surface area contributed by atoms with Gasteiger partial charge in [0.15, 0.2) is 6.10 Å². The number of likely N-dealkylation sites (N-methyl/N-ethyl adjacent to an activating group) is 1. The SMILES string of the molecule is CCC/C=C/CCCCCCCC(=O)OC[C@H](COP(=O)(O)OCC[N+](C)(C)C)OC(=O)CCCCCCC/C=C/CCCCCCCC. The van der Waals surface area contributed by atoms with E-state index in [2.05, 4.69) is 38.2 Å². The third-order valence-electron chi connectivity index (χ3n) is 8.18. The van der Waals surface area contributed by atoms with E-state index in [1.165, 1.54) is 51.4 Å². The first-order valence-corrected chi connectivity index (χ1v) is 21.1. The molecule has 0 aromatic carbocycles. The molecular formula is C39H75NO8P+. The van der Waals surface area contributed by atoms with Gasteiger partial charge in [0.25, 0.3) is 0 Å². The number of unbranched alkanes of at least 4 members (excludes halogenated alkanes) is 17. The van der Waals surface area contributed by atoms with Gasteiger partial charge >= 0.3 is 19.8 Å². The lowest BCUT2D eigenvalue weighted by atomic mass is 10.1. The van der Waals surface area contributed by atoms with E-state index in [-0.39, 0.29) is 32.0 Å². The molecule has 0 spiro atoms. The largest absolute Gasteiger partial charge is 0.472 e. The molecule has 1 unspecified atom stereocenters. The molecule has 0 aromatic heterocycles. The Balaban J connectivity index is 4.44. The van der Waals surface area contributed by atoms with Crippen molar-refractivity contribution in [3.05, 3.63) is 24.3 Å². The Bertz CT molecular complexity index is 902. The van der Waals surface area contributed by atoms with Gasteiger partial charge in [-0.2, -0.15) is 0 Å². The molecule has 0 radical (unpaired) electrons. The summed E-state index contributed by atoms with van der Waals surface area (Å²) >= 11 is 0. The minimum atomic E-state index is -4.37. The molecular weight excluding hydrogens is 641 g/mol. The van der Waals surface area contributed by atoms with E-state index < -0.39 is 26.5 Å². The zero-order valence-corrected chi connectivity index (χ0v) is 33.1. The van der Waals surface area contributed by atoms with Crippen molar-refractivity contribution in [3.63, 3.8) is 0 Å². The van der Waals surface area contributed by atoms with Crippen LogP contribution in [0.15, 0.2) is 24.3 Å². The van der Waals surface area contributed by atoms with Crippen LogP contribution in [0, 0.1) is 0 Å². The molecule has 49 heavy (non-hydrogen) atoms. The number of ether oxygens (including phenoxy) is 2. The summed E-state index contributed by atoms with van der Waals surface area (Å²) in [6, 6.07) is 0. The van der Waals surface area contributed by atoms with Crippen molar-refractivity contribution in [2.24, 2.45) is 0 Å². The van der Waals surface area contributed by atoms with E-state index in [1.807, 2.05) is 21.1 Å². The number of nitrogens with zero attached hydrogens (tertiary/aromatic N) is 1. The summed E-state index contributed by atoms with van der Waals surface area (Å²) in [4.78, 5) is 35.1. The number of quaternary nitrogens is 1. The minimum absolute atomic E-state index is 0.0295. The van der Waals surface area contributed by atoms with Crippen LogP contribution in [0.4, 0.5) is 0 Å². The van der Waals surface area contributed by atoms with Crippen LogP contribution in [0.3, 0.4) is 0 Å². The molecule has 0 aromatic rings. The molecule has 10 heteroatoms. The summed E-state index contributed by atoms with van der Waals surface area (Å²) in [5.41, 5.74) is 0. The number of rotatable bonds is 35. The van der Waals surface area contributed by atoms with Crippen molar-refractivity contribution >= 4 is 19.8 Å². The van der Waals surface area contributed by atoms with Gasteiger partial charge in [-0.15, -0.1) is 0 Å². The topological polar surface area (TPSA) is 108 Å². The Kier molecular flexibility index (Phi) is 31.4. The first-order chi connectivity index (χ1) is 23.5. The molecule has 0 amide bonds. The third kappa shape index (κ3) is 36.1. The van der Waals surface area contributed by atoms with Crippen LogP contribution in [0.25, 0.3) is 0 Å². The maximum Gasteiger partial charge on any atom is 0.472 e. The zero-order valence-electron chi connectivity index (χ0n) is 32.2. The Morgan fingerprint density at radius 1 is 0.612 bits per heavy atom. The normalized spacial score (nSPS) is 14.0. The summed E-state index contributed by atoms with van der Waals surface area (Å²) in [5.74, 6) is -0.822. The van der Waals surface area contributed by atoms with Gasteiger partial charge in [0.05, 0.1) is 27.7 Å². The zero-order chi connectivity index (χ0) is 36.5. The van der Waals surface area contributed by atoms with Crippen LogP contribution in [-0.4, -0.2) is 74.9 Å². The molecule has 1 N–H and O–H groups in total. The van der Waals surface area contributed by atoms with E-state index >= 15 is 0 Å². The fourth-order valence-corrected chi connectivity index (χ4v) is 5.81. The van der Waals surface area contributed by atoms with Crippen LogP contribution in [0.2, 0.25) is 0 Å². The highest BCUT2D eigenvalue weighted by molar-refractivity contribution is 7.47. The molecule has 0 saturated heterocycles. The molecule has 0 saturated carbocycles. The quantitative estimate of drug-likeness (QED) is 0.0227. The Labute approximate surface area is 300 Å². The van der Waals surface area contributed by atoms with E-state index in [1.54, 1.807) is 0 Å². The van der Waals surface area contributed by atoms with Crippen LogP contribution < -0.4 is 0 Å². The van der Waals surface area contributed by atoms with E-state index in [4.69, 9.17) is 18.5 Å². The maximum absolute atomic E-state index is 12.6. The summed E-state index contributed by atoms with van der Waals surface area (Å²) in [6.07, 6.45) is 32.3. The number of allylic oxidation sites excluding steroid dienone is 4. The number of hydrogen-bond acceptors (Lipinski definition) is 7. The Morgan fingerprint density at radius 3 is 1.59 bits per heavy atom. The number of hydrogen-bond donors (Lipinski definition) is 1. The van der Waals surface area contributed by atoms with Gasteiger partial charge in [-0.3, -0.25) is 18.6 Å². The highest BCUT2D eigenvalue weighted by Gasteiger charge is 2.27. The molecule has 0 heterocycles. The van der Waals surface area contributed by atoms with Crippen molar-refractivity contribution in [1.82, 2.24) is 0 Å². The predicted molar refractivity (Wildman–Crippen MR) is 201 cm³/mol. The summed E-state index contributed by atoms with van der Waals surface area (Å²) in [7, 11) is 1.46. The molecule has 0 rings (SSSR count). The number of phosphoric ester groups is 1. The monoisotopic (exact) mass is 717 g/mol. The van der Waals surface area contributed by atoms with Crippen LogP contribution >= 0.6 is 7.82 Å². The van der Waals surface area contributed by atoms with Gasteiger partial charge in [0, 0.05) is 12.8 Å². The van der Waals surface area contributed by atoms with Gasteiger partial charge < -0.3 is 18.9 Å². The maximum atomic E-state index is 12.6. The lowest BCUT2D eigenvalue weighted by Gasteiger charge is -2.24. The second kappa shape index (κ2) is 32.4. The predicted octanol–water partition coefficient (Wildman–Crippen LogP) is 10.4. The van der Waals surface area contributed by atoms with Gasteiger partial charge in [-0.25, -0.2) is 4.57 Å². The summed E-state index contributed by atoms with van der Waals surface area (Å²) < 4.78 is 34.1. The van der Waals surface area contributed by atoms with Gasteiger partial charge in [0.1, 0.15) is 19.8 Å². The van der Waals surface area contributed by atoms with Gasteiger partial charge in [0.2, 0.25) is 0 Å². The first kappa shape index (κ1) is 47.5. The smallest absolute Gasteiger partial charge is 0.462 e. The average Bonchev–Trinajstić information content (AvgIpc) is 3.04. The molecule has 0 aliphatic heterocycles. The standard InChI is InChI=1S/C39H74NO8P/c1-6-8-10-12-14-16-18-19-20-21-22-24-26-28-30-32-39(42)48-37(36-47-49(43,44)46-34-33-40(3,4)5)35-45-38(41)31-29-27-25-23-17-15-13-11-9-7-2/h11,13,19-20,37H,6-10,12,14-18,21-36H2,1-5H3/p+1/b13-11+,20-19+/t37-/m1/s1. The lowest BCUT2D eigenvalue weighted by Crippen LogP contribution is -2.37. The third-order valence-corrected chi connectivity index (χ3v) is 9.17. The summed E-state index contributed by atoms with van der Waals surface area (Å²) in [6.45, 7) is 4.32. The number of phosphoric acid groups is 1. The Hall–Kier alpha value is -1.51. The van der Waals surface area contributed by atoms with Crippen LogP contribution in [-0.2, 0) is 32.7 Å². The van der Waals surface area contributed by atoms with Gasteiger partial charge in [-0.1, -0.05) is 115 Å². The second-order valence-corrected chi connectivity index (χ2v) is 15.8. The molecule has 9 nitrogen and oxygen atoms in total. The van der Waals surface area contributed by atoms with Crippen molar-refractivity contribution in [3.8, 4) is 0 Å². The number of carbonyl (C=O) groups excluding carboxylic acids is 2. The number of carbonyl (C=O) groups is 2.